The van der Waals surface area contributed by atoms with Crippen LogP contribution in [0, 0.1) is 13.8 Å². The third-order valence-electron chi connectivity index (χ3n) is 15.5. The monoisotopic (exact) mass is 1310 g/mol. The Morgan fingerprint density at radius 3 is 1.34 bits per heavy atom. The number of rotatable bonds is 23. The third-order valence-corrected chi connectivity index (χ3v) is 18.8. The highest BCUT2D eigenvalue weighted by Crippen LogP contribution is 2.28. The minimum atomic E-state index is -4.08. The summed E-state index contributed by atoms with van der Waals surface area (Å²) in [5.74, 6) is -1.05. The van der Waals surface area contributed by atoms with Gasteiger partial charge in [-0.05, 0) is 109 Å². The second kappa shape index (κ2) is 34.9. The first-order chi connectivity index (χ1) is 43.4. The maximum Gasteiger partial charge on any atom is 0.534 e. The molecule has 5 fully saturated rings. The summed E-state index contributed by atoms with van der Waals surface area (Å²) < 4.78 is 82.3. The van der Waals surface area contributed by atoms with Crippen LogP contribution in [0.3, 0.4) is 0 Å². The highest BCUT2D eigenvalue weighted by Gasteiger charge is 2.38. The van der Waals surface area contributed by atoms with Crippen LogP contribution in [-0.2, 0) is 80.7 Å². The molecule has 1 unspecified atom stereocenters. The van der Waals surface area contributed by atoms with E-state index >= 15 is 0 Å². The number of sulfonamides is 2. The van der Waals surface area contributed by atoms with Gasteiger partial charge >= 0.3 is 18.3 Å². The van der Waals surface area contributed by atoms with Gasteiger partial charge in [-0.2, -0.15) is 0 Å². The molecule has 4 aromatic carbocycles. The van der Waals surface area contributed by atoms with Gasteiger partial charge in [0.2, 0.25) is 0 Å². The van der Waals surface area contributed by atoms with Crippen LogP contribution in [0.4, 0.5) is 14.4 Å². The molecule has 24 nitrogen and oxygen atoms in total. The number of carbonyl (C=O) groups is 5. The summed E-state index contributed by atoms with van der Waals surface area (Å²) in [4.78, 5) is 75.5. The molecule has 0 spiro atoms. The minimum Gasteiger partial charge on any atom is -0.444 e. The number of nitrogens with one attached hydrogen (secondary N) is 2. The van der Waals surface area contributed by atoms with Gasteiger partial charge in [-0.15, -0.1) is 0 Å². The summed E-state index contributed by atoms with van der Waals surface area (Å²) in [6, 6.07) is 30.2. The first-order valence-corrected chi connectivity index (χ1v) is 34.1. The standard InChI is InChI=1S/C28H38N2O7S.C28H40N2O6S.C9H11NO6/c1-21-12-14-25(15-13-21)38(33,34)30(37-23-10-6-3-7-11-23)19-27(31)26(18-22-8-4-2-5-9-22)29-28(32)36-24-16-17-35-20-24;1-21-15-17-24(18-16-21)37(33,34)30(36-23-13-9-6-10-14-23)20-26(31)25(19-22-11-7-5-8-12-22)29-27(32)35-28(2,3)4;11-7-1-2-8(12)10(7)16-9(13)15-6-3-4-14-5-6/h2,4-5,8-9,12-15,23-24,26-27,31H,3,6-7,10-11,16-20H2,1H3,(H,29,32);5,7-8,11-12,15-18,23,25-26,31H,6,9-10,13-14,19-20H2,1-4H3,(H,29,32);6H,1-5H2/t24?,26-,27+;25-,26+;6-/m000/s1. The molecule has 3 heterocycles. The molecule has 6 atom stereocenters. The number of amides is 4. The average Bonchev–Trinajstić information content (AvgIpc) is 2.44. The zero-order valence-corrected chi connectivity index (χ0v) is 54.2. The van der Waals surface area contributed by atoms with Gasteiger partial charge in [0.15, 0.2) is 0 Å². The molecule has 26 heteroatoms. The van der Waals surface area contributed by atoms with Gasteiger partial charge in [0.25, 0.3) is 31.9 Å². The first-order valence-electron chi connectivity index (χ1n) is 31.2. The van der Waals surface area contributed by atoms with Crippen molar-refractivity contribution in [2.75, 3.05) is 39.5 Å². The predicted octanol–water partition coefficient (Wildman–Crippen LogP) is 8.48. The first kappa shape index (κ1) is 71.8. The highest BCUT2D eigenvalue weighted by molar-refractivity contribution is 7.89. The lowest BCUT2D eigenvalue weighted by Gasteiger charge is -2.33. The molecule has 9 rings (SSSR count). The van der Waals surface area contributed by atoms with Crippen molar-refractivity contribution in [1.29, 1.82) is 0 Å². The van der Waals surface area contributed by atoms with Gasteiger partial charge in [0, 0.05) is 25.7 Å². The lowest BCUT2D eigenvalue weighted by Crippen LogP contribution is -2.52. The number of alkyl carbamates (subject to hydrolysis) is 2. The van der Waals surface area contributed by atoms with E-state index < -0.39 is 80.1 Å². The van der Waals surface area contributed by atoms with E-state index in [0.717, 1.165) is 95.4 Å². The van der Waals surface area contributed by atoms with Crippen molar-refractivity contribution >= 4 is 50.2 Å². The van der Waals surface area contributed by atoms with Gasteiger partial charge in [0.1, 0.15) is 17.8 Å². The van der Waals surface area contributed by atoms with Crippen LogP contribution in [0.2, 0.25) is 0 Å². The molecule has 4 amide bonds. The van der Waals surface area contributed by atoms with E-state index in [2.05, 4.69) is 15.5 Å². The maximum absolute atomic E-state index is 13.6. The summed E-state index contributed by atoms with van der Waals surface area (Å²) in [6.45, 7) is 10.0. The van der Waals surface area contributed by atoms with Crippen LogP contribution in [0.15, 0.2) is 119 Å². The fourth-order valence-electron chi connectivity index (χ4n) is 10.5. The summed E-state index contributed by atoms with van der Waals surface area (Å²) in [6.07, 6.45) is 4.73. The Hall–Kier alpha value is -6.59. The van der Waals surface area contributed by atoms with E-state index in [-0.39, 0.29) is 73.0 Å². The van der Waals surface area contributed by atoms with Crippen molar-refractivity contribution in [3.05, 3.63) is 131 Å². The number of ether oxygens (including phenoxy) is 5. The van der Waals surface area contributed by atoms with Gasteiger partial charge < -0.3 is 44.5 Å². The van der Waals surface area contributed by atoms with Gasteiger partial charge in [-0.1, -0.05) is 149 Å². The average molecular weight is 1310 g/mol. The molecule has 3 aliphatic heterocycles. The molecule has 4 aromatic rings. The number of hydrogen-bond donors (Lipinski definition) is 4. The lowest BCUT2D eigenvalue weighted by atomic mass is 9.98. The van der Waals surface area contributed by atoms with Crippen molar-refractivity contribution in [3.8, 4) is 0 Å². The number of benzene rings is 4. The zero-order valence-electron chi connectivity index (χ0n) is 52.6. The van der Waals surface area contributed by atoms with Gasteiger partial charge in [0.05, 0.1) is 85.8 Å². The molecular formula is C65H89N5O19S2. The normalized spacial score (nSPS) is 19.7. The van der Waals surface area contributed by atoms with E-state index in [0.29, 0.717) is 44.3 Å². The number of carbonyl (C=O) groups excluding carboxylic acids is 5. The van der Waals surface area contributed by atoms with Crippen molar-refractivity contribution in [2.24, 2.45) is 0 Å². The van der Waals surface area contributed by atoms with Crippen molar-refractivity contribution < 1.29 is 89.2 Å². The fraction of sp³-hybridized carbons (Fsp3) is 0.554. The Kier molecular flexibility index (Phi) is 27.6. The Morgan fingerprint density at radius 2 is 0.956 bits per heavy atom. The summed E-state index contributed by atoms with van der Waals surface area (Å²) in [5.41, 5.74) is 2.90. The number of hydroxylamine groups is 4. The number of aliphatic hydroxyl groups excluding tert-OH is 2. The smallest absolute Gasteiger partial charge is 0.444 e. The van der Waals surface area contributed by atoms with E-state index in [1.54, 1.807) is 45.0 Å². The molecule has 2 saturated carbocycles. The molecule has 3 saturated heterocycles. The summed E-state index contributed by atoms with van der Waals surface area (Å²) in [5, 5.41) is 28.6. The fourth-order valence-corrected chi connectivity index (χ4v) is 13.1. The Morgan fingerprint density at radius 1 is 0.560 bits per heavy atom. The predicted molar refractivity (Wildman–Crippen MR) is 332 cm³/mol. The quantitative estimate of drug-likeness (QED) is 0.0234. The molecule has 2 aliphatic carbocycles. The lowest BCUT2D eigenvalue weighted by molar-refractivity contribution is -0.178. The van der Waals surface area contributed by atoms with Crippen LogP contribution in [0.25, 0.3) is 0 Å². The summed E-state index contributed by atoms with van der Waals surface area (Å²) >= 11 is 0. The third kappa shape index (κ3) is 23.5. The van der Waals surface area contributed by atoms with Crippen LogP contribution in [0.1, 0.15) is 133 Å². The Labute approximate surface area is 534 Å². The van der Waals surface area contributed by atoms with Crippen LogP contribution < -0.4 is 10.6 Å². The second-order valence-electron chi connectivity index (χ2n) is 24.3. The molecule has 5 aliphatic rings. The number of nitrogens with zero attached hydrogens (tertiary/aromatic N) is 3. The second-order valence-corrected chi connectivity index (χ2v) is 27.9. The molecule has 91 heavy (non-hydrogen) atoms. The van der Waals surface area contributed by atoms with Gasteiger partial charge in [-0.25, -0.2) is 31.2 Å². The van der Waals surface area contributed by atoms with Crippen LogP contribution in [0.5, 0.6) is 0 Å². The zero-order chi connectivity index (χ0) is 65.6. The molecule has 0 radical (unpaired) electrons. The Balaban J connectivity index is 0.000000209. The minimum absolute atomic E-state index is 0.0681. The molecular weight excluding hydrogens is 1220 g/mol. The molecule has 0 bridgehead atoms. The van der Waals surface area contributed by atoms with E-state index in [9.17, 15) is 51.0 Å². The van der Waals surface area contributed by atoms with Crippen molar-refractivity contribution in [2.45, 2.75) is 201 Å². The van der Waals surface area contributed by atoms with Crippen molar-refractivity contribution in [3.63, 3.8) is 0 Å². The topological polar surface area (TPSA) is 302 Å². The largest absolute Gasteiger partial charge is 0.534 e. The van der Waals surface area contributed by atoms with E-state index in [4.69, 9.17) is 33.4 Å². The van der Waals surface area contributed by atoms with E-state index in [1.807, 2.05) is 74.5 Å². The number of aliphatic hydroxyl groups is 2. The van der Waals surface area contributed by atoms with Crippen molar-refractivity contribution in [1.82, 2.24) is 24.6 Å². The van der Waals surface area contributed by atoms with E-state index in [1.165, 1.54) is 24.3 Å². The van der Waals surface area contributed by atoms with Gasteiger partial charge in [-0.3, -0.25) is 24.1 Å². The maximum atomic E-state index is 13.6. The SMILES string of the molecule is Cc1ccc(S(=O)(=O)N(C[C@@H](O)[C@H](Cc2ccccc2)NC(=O)OC(C)(C)C)OC2CCCCC2)cc1.Cc1ccc(S(=O)(=O)N(C[C@@H](O)[C@H](Cc2ccccc2)NC(=O)OC2CCOC2)OC2CCCCC2)cc1.O=C(O[C@H]1CCOC1)ON1C(=O)CCC1=O. The molecule has 500 valence electrons. The highest BCUT2D eigenvalue weighted by atomic mass is 32.2. The molecule has 0 aromatic heterocycles. The summed E-state index contributed by atoms with van der Waals surface area (Å²) in [7, 11) is -8.14. The number of hydrogen-bond acceptors (Lipinski definition) is 19. The van der Waals surface area contributed by atoms with Crippen LogP contribution >= 0.6 is 0 Å². The Bertz CT molecular complexity index is 3140. The number of imide groups is 1. The number of aryl methyl sites for hydroxylation is 2. The molecule has 4 N–H and O–H groups in total. The van der Waals surface area contributed by atoms with Crippen LogP contribution in [-0.4, -0.2) is 165 Å².